The van der Waals surface area contributed by atoms with E-state index in [9.17, 15) is 9.18 Å². The lowest BCUT2D eigenvalue weighted by Crippen LogP contribution is -2.16. The van der Waals surface area contributed by atoms with Crippen LogP contribution < -0.4 is 10.6 Å². The summed E-state index contributed by atoms with van der Waals surface area (Å²) in [6.07, 6.45) is 0.289. The summed E-state index contributed by atoms with van der Waals surface area (Å²) in [4.78, 5) is 11.7. The molecule has 4 nitrogen and oxygen atoms in total. The Morgan fingerprint density at radius 3 is 2.29 bits per heavy atom. The highest BCUT2D eigenvalue weighted by molar-refractivity contribution is 5.90. The predicted octanol–water partition coefficient (Wildman–Crippen LogP) is 3.14. The van der Waals surface area contributed by atoms with Crippen molar-refractivity contribution >= 4 is 17.3 Å². The van der Waals surface area contributed by atoms with Gasteiger partial charge in [0.2, 0.25) is 5.91 Å². The normalized spacial score (nSPS) is 9.71. The molecule has 0 atom stereocenters. The number of carbonyl (C=O) groups is 1. The number of nitrogens with one attached hydrogen (secondary N) is 2. The number of nitriles is 1. The minimum Gasteiger partial charge on any atom is -0.385 e. The van der Waals surface area contributed by atoms with Gasteiger partial charge in [-0.25, -0.2) is 4.39 Å². The van der Waals surface area contributed by atoms with Crippen molar-refractivity contribution in [3.05, 3.63) is 59.9 Å². The van der Waals surface area contributed by atoms with Crippen LogP contribution in [0.1, 0.15) is 12.0 Å². The lowest BCUT2D eigenvalue weighted by molar-refractivity contribution is -0.115. The lowest BCUT2D eigenvalue weighted by Gasteiger charge is -2.07. The zero-order valence-corrected chi connectivity index (χ0v) is 11.3. The Hall–Kier alpha value is -2.87. The second-order valence-electron chi connectivity index (χ2n) is 4.42. The van der Waals surface area contributed by atoms with Crippen molar-refractivity contribution in [1.82, 2.24) is 0 Å². The number of benzene rings is 2. The summed E-state index contributed by atoms with van der Waals surface area (Å²) in [6.45, 7) is 0.471. The Labute approximate surface area is 122 Å². The van der Waals surface area contributed by atoms with Crippen LogP contribution in [-0.2, 0) is 4.79 Å². The number of hydrogen-bond donors (Lipinski definition) is 2. The molecule has 0 heterocycles. The van der Waals surface area contributed by atoms with Crippen LogP contribution in [-0.4, -0.2) is 12.5 Å². The number of hydrogen-bond acceptors (Lipinski definition) is 3. The molecule has 0 bridgehead atoms. The molecule has 0 fully saturated rings. The third kappa shape index (κ3) is 4.62. The molecule has 2 N–H and O–H groups in total. The number of anilines is 2. The molecule has 2 aromatic rings. The second-order valence-corrected chi connectivity index (χ2v) is 4.42. The van der Waals surface area contributed by atoms with Gasteiger partial charge in [-0.2, -0.15) is 5.26 Å². The fourth-order valence-corrected chi connectivity index (χ4v) is 1.74. The number of rotatable bonds is 5. The van der Waals surface area contributed by atoms with Gasteiger partial charge in [0.15, 0.2) is 0 Å². The summed E-state index contributed by atoms with van der Waals surface area (Å²) in [5.41, 5.74) is 2.01. The molecular weight excluding hydrogens is 269 g/mol. The molecule has 0 aliphatic heterocycles. The van der Waals surface area contributed by atoms with Crippen LogP contribution in [0.15, 0.2) is 48.5 Å². The SMILES string of the molecule is N#Cc1ccc(NCCC(=O)Nc2ccc(F)cc2)cc1. The van der Waals surface area contributed by atoms with Gasteiger partial charge in [0.25, 0.3) is 0 Å². The Balaban J connectivity index is 1.76. The summed E-state index contributed by atoms with van der Waals surface area (Å²) < 4.78 is 12.7. The van der Waals surface area contributed by atoms with Crippen LogP contribution in [0, 0.1) is 17.1 Å². The minimum absolute atomic E-state index is 0.150. The van der Waals surface area contributed by atoms with E-state index in [0.717, 1.165) is 5.69 Å². The maximum absolute atomic E-state index is 12.7. The molecule has 106 valence electrons. The molecule has 2 rings (SSSR count). The van der Waals surface area contributed by atoms with E-state index in [0.29, 0.717) is 17.8 Å². The van der Waals surface area contributed by atoms with E-state index in [-0.39, 0.29) is 18.1 Å². The average Bonchev–Trinajstić information content (AvgIpc) is 2.50. The molecule has 0 saturated carbocycles. The van der Waals surface area contributed by atoms with Gasteiger partial charge in [-0.3, -0.25) is 4.79 Å². The van der Waals surface area contributed by atoms with Crippen molar-refractivity contribution in [2.24, 2.45) is 0 Å². The van der Waals surface area contributed by atoms with Gasteiger partial charge in [0, 0.05) is 24.3 Å². The summed E-state index contributed by atoms with van der Waals surface area (Å²) in [6, 6.07) is 14.7. The zero-order valence-electron chi connectivity index (χ0n) is 11.3. The van der Waals surface area contributed by atoms with Crippen LogP contribution in [0.3, 0.4) is 0 Å². The van der Waals surface area contributed by atoms with Crippen molar-refractivity contribution < 1.29 is 9.18 Å². The quantitative estimate of drug-likeness (QED) is 0.886. The molecule has 2 aromatic carbocycles. The van der Waals surface area contributed by atoms with E-state index >= 15 is 0 Å². The first kappa shape index (κ1) is 14.5. The summed E-state index contributed by atoms with van der Waals surface area (Å²) in [5, 5.41) is 14.5. The zero-order chi connectivity index (χ0) is 15.1. The fraction of sp³-hybridized carbons (Fsp3) is 0.125. The molecule has 0 aliphatic rings. The molecule has 5 heteroatoms. The van der Waals surface area contributed by atoms with Crippen LogP contribution in [0.2, 0.25) is 0 Å². The predicted molar refractivity (Wildman–Crippen MR) is 79.3 cm³/mol. The number of halogens is 1. The van der Waals surface area contributed by atoms with Gasteiger partial charge < -0.3 is 10.6 Å². The molecule has 0 unspecified atom stereocenters. The molecule has 0 saturated heterocycles. The largest absolute Gasteiger partial charge is 0.385 e. The summed E-state index contributed by atoms with van der Waals surface area (Å²) in [7, 11) is 0. The first-order valence-corrected chi connectivity index (χ1v) is 6.47. The van der Waals surface area contributed by atoms with Gasteiger partial charge in [-0.05, 0) is 48.5 Å². The topological polar surface area (TPSA) is 64.9 Å². The van der Waals surface area contributed by atoms with E-state index in [2.05, 4.69) is 10.6 Å². The number of amides is 1. The smallest absolute Gasteiger partial charge is 0.226 e. The first-order valence-electron chi connectivity index (χ1n) is 6.47. The maximum Gasteiger partial charge on any atom is 0.226 e. The van der Waals surface area contributed by atoms with Crippen molar-refractivity contribution in [2.45, 2.75) is 6.42 Å². The molecule has 0 spiro atoms. The second kappa shape index (κ2) is 7.06. The number of carbonyl (C=O) groups excluding carboxylic acids is 1. The van der Waals surface area contributed by atoms with E-state index in [1.54, 1.807) is 24.3 Å². The highest BCUT2D eigenvalue weighted by Crippen LogP contribution is 2.10. The van der Waals surface area contributed by atoms with Gasteiger partial charge in [0.05, 0.1) is 11.6 Å². The molecule has 1 amide bonds. The Bertz CT molecular complexity index is 645. The van der Waals surface area contributed by atoms with Crippen LogP contribution >= 0.6 is 0 Å². The van der Waals surface area contributed by atoms with Gasteiger partial charge in [-0.15, -0.1) is 0 Å². The fourth-order valence-electron chi connectivity index (χ4n) is 1.74. The molecule has 0 radical (unpaired) electrons. The van der Waals surface area contributed by atoms with Gasteiger partial charge in [0.1, 0.15) is 5.82 Å². The van der Waals surface area contributed by atoms with Crippen molar-refractivity contribution in [1.29, 1.82) is 5.26 Å². The highest BCUT2D eigenvalue weighted by atomic mass is 19.1. The van der Waals surface area contributed by atoms with Crippen LogP contribution in [0.25, 0.3) is 0 Å². The lowest BCUT2D eigenvalue weighted by atomic mass is 10.2. The standard InChI is InChI=1S/C16H14FN3O/c17-13-3-7-15(8-4-13)20-16(21)9-10-19-14-5-1-12(11-18)2-6-14/h1-8,19H,9-10H2,(H,20,21). The molecule has 21 heavy (non-hydrogen) atoms. The highest BCUT2D eigenvalue weighted by Gasteiger charge is 2.02. The maximum atomic E-state index is 12.7. The Morgan fingerprint density at radius 2 is 1.67 bits per heavy atom. The Morgan fingerprint density at radius 1 is 1.05 bits per heavy atom. The van der Waals surface area contributed by atoms with E-state index in [1.807, 2.05) is 6.07 Å². The molecular formula is C16H14FN3O. The van der Waals surface area contributed by atoms with Gasteiger partial charge >= 0.3 is 0 Å². The van der Waals surface area contributed by atoms with E-state index < -0.39 is 0 Å². The van der Waals surface area contributed by atoms with Crippen molar-refractivity contribution in [2.75, 3.05) is 17.2 Å². The average molecular weight is 283 g/mol. The van der Waals surface area contributed by atoms with Crippen molar-refractivity contribution in [3.8, 4) is 6.07 Å². The third-order valence-electron chi connectivity index (χ3n) is 2.82. The van der Waals surface area contributed by atoms with Crippen molar-refractivity contribution in [3.63, 3.8) is 0 Å². The summed E-state index contributed by atoms with van der Waals surface area (Å²) >= 11 is 0. The van der Waals surface area contributed by atoms with Crippen LogP contribution in [0.4, 0.5) is 15.8 Å². The van der Waals surface area contributed by atoms with Crippen LogP contribution in [0.5, 0.6) is 0 Å². The van der Waals surface area contributed by atoms with E-state index in [1.165, 1.54) is 24.3 Å². The first-order chi connectivity index (χ1) is 10.2. The molecule has 0 aliphatic carbocycles. The van der Waals surface area contributed by atoms with E-state index in [4.69, 9.17) is 5.26 Å². The third-order valence-corrected chi connectivity index (χ3v) is 2.82. The minimum atomic E-state index is -0.338. The Kier molecular flexibility index (Phi) is 4.89. The molecule has 0 aromatic heterocycles. The monoisotopic (exact) mass is 283 g/mol. The number of nitrogens with zero attached hydrogens (tertiary/aromatic N) is 1. The summed E-state index contributed by atoms with van der Waals surface area (Å²) in [5.74, 6) is -0.488. The van der Waals surface area contributed by atoms with Gasteiger partial charge in [-0.1, -0.05) is 0 Å².